The second kappa shape index (κ2) is 7.06. The van der Waals surface area contributed by atoms with Gasteiger partial charge in [0.05, 0.1) is 16.2 Å². The van der Waals surface area contributed by atoms with Crippen LogP contribution >= 0.6 is 11.6 Å². The number of rotatable bonds is 4. The van der Waals surface area contributed by atoms with Gasteiger partial charge < -0.3 is 10.2 Å². The highest BCUT2D eigenvalue weighted by atomic mass is 35.5. The van der Waals surface area contributed by atoms with Crippen molar-refractivity contribution in [3.63, 3.8) is 0 Å². The van der Waals surface area contributed by atoms with Crippen molar-refractivity contribution in [1.29, 1.82) is 0 Å². The number of aromatic nitrogens is 2. The first-order valence-corrected chi connectivity index (χ1v) is 10.3. The third kappa shape index (κ3) is 3.03. The van der Waals surface area contributed by atoms with E-state index in [0.717, 1.165) is 35.9 Å². The molecular formula is C23H20ClFN4O. The second-order valence-electron chi connectivity index (χ2n) is 7.99. The standard InChI is InChI=1S/C23H20ClFN4O/c1-2-20(30)29-9-8-15-11-23(15,12-29)14-6-7-18-16(10-14)22(27-13-26-18)28-19-5-3-4-17(24)21(19)25/h2-7,10,13,15H,1,8-9,11-12H2,(H,26,27,28). The molecule has 2 atom stereocenters. The maximum Gasteiger partial charge on any atom is 0.245 e. The van der Waals surface area contributed by atoms with E-state index in [1.54, 1.807) is 12.1 Å². The summed E-state index contributed by atoms with van der Waals surface area (Å²) in [6.45, 7) is 5.08. The average Bonchev–Trinajstić information content (AvgIpc) is 3.51. The van der Waals surface area contributed by atoms with Crippen LogP contribution in [0.25, 0.3) is 10.9 Å². The van der Waals surface area contributed by atoms with Gasteiger partial charge in [0.25, 0.3) is 0 Å². The van der Waals surface area contributed by atoms with Gasteiger partial charge in [0.2, 0.25) is 5.91 Å². The molecule has 30 heavy (non-hydrogen) atoms. The first kappa shape index (κ1) is 19.0. The van der Waals surface area contributed by atoms with E-state index < -0.39 is 5.82 Å². The zero-order valence-corrected chi connectivity index (χ0v) is 17.0. The molecule has 2 aliphatic rings. The molecule has 5 nitrogen and oxygen atoms in total. The molecule has 0 radical (unpaired) electrons. The molecule has 152 valence electrons. The summed E-state index contributed by atoms with van der Waals surface area (Å²) in [6, 6.07) is 10.9. The molecule has 0 spiro atoms. The topological polar surface area (TPSA) is 58.1 Å². The molecule has 1 amide bonds. The minimum atomic E-state index is -0.520. The fourth-order valence-corrected chi connectivity index (χ4v) is 4.81. The van der Waals surface area contributed by atoms with Crippen LogP contribution in [0.4, 0.5) is 15.9 Å². The van der Waals surface area contributed by atoms with E-state index in [1.807, 2.05) is 11.0 Å². The third-order valence-electron chi connectivity index (χ3n) is 6.35. The van der Waals surface area contributed by atoms with Crippen LogP contribution in [0.15, 0.2) is 55.4 Å². The molecule has 1 aliphatic carbocycles. The van der Waals surface area contributed by atoms with Crippen molar-refractivity contribution in [2.75, 3.05) is 18.4 Å². The molecule has 5 rings (SSSR count). The molecule has 2 fully saturated rings. The van der Waals surface area contributed by atoms with E-state index in [1.165, 1.54) is 18.5 Å². The van der Waals surface area contributed by atoms with Crippen molar-refractivity contribution in [3.05, 3.63) is 71.8 Å². The Morgan fingerprint density at radius 2 is 2.20 bits per heavy atom. The summed E-state index contributed by atoms with van der Waals surface area (Å²) in [5.74, 6) is 0.540. The van der Waals surface area contributed by atoms with E-state index in [9.17, 15) is 9.18 Å². The Morgan fingerprint density at radius 3 is 3.03 bits per heavy atom. The lowest BCUT2D eigenvalue weighted by molar-refractivity contribution is -0.127. The fourth-order valence-electron chi connectivity index (χ4n) is 4.64. The molecule has 2 aromatic carbocycles. The van der Waals surface area contributed by atoms with Gasteiger partial charge in [-0.05, 0) is 54.7 Å². The first-order valence-electron chi connectivity index (χ1n) is 9.89. The largest absolute Gasteiger partial charge is 0.338 e. The highest BCUT2D eigenvalue weighted by Gasteiger charge is 2.58. The van der Waals surface area contributed by atoms with Gasteiger partial charge in [0.15, 0.2) is 5.82 Å². The van der Waals surface area contributed by atoms with Crippen LogP contribution in [0.5, 0.6) is 0 Å². The molecule has 1 aromatic heterocycles. The predicted octanol–water partition coefficient (Wildman–Crippen LogP) is 4.84. The van der Waals surface area contributed by atoms with Crippen molar-refractivity contribution < 1.29 is 9.18 Å². The van der Waals surface area contributed by atoms with E-state index in [-0.39, 0.29) is 22.0 Å². The monoisotopic (exact) mass is 422 g/mol. The van der Waals surface area contributed by atoms with Crippen LogP contribution < -0.4 is 5.32 Å². The third-order valence-corrected chi connectivity index (χ3v) is 6.65. The molecule has 1 saturated carbocycles. The summed E-state index contributed by atoms with van der Waals surface area (Å²) in [6.07, 6.45) is 4.88. The Bertz CT molecular complexity index is 1180. The van der Waals surface area contributed by atoms with Gasteiger partial charge in [0.1, 0.15) is 12.1 Å². The Balaban J connectivity index is 1.53. The molecule has 1 saturated heterocycles. The second-order valence-corrected chi connectivity index (χ2v) is 8.40. The summed E-state index contributed by atoms with van der Waals surface area (Å²) in [4.78, 5) is 22.7. The molecule has 3 aromatic rings. The van der Waals surface area contributed by atoms with Crippen molar-refractivity contribution in [2.45, 2.75) is 18.3 Å². The molecule has 1 N–H and O–H groups in total. The molecule has 2 unspecified atom stereocenters. The van der Waals surface area contributed by atoms with Crippen LogP contribution in [0.3, 0.4) is 0 Å². The van der Waals surface area contributed by atoms with Crippen LogP contribution in [-0.4, -0.2) is 33.9 Å². The lowest BCUT2D eigenvalue weighted by Gasteiger charge is -2.32. The lowest BCUT2D eigenvalue weighted by atomic mass is 9.88. The summed E-state index contributed by atoms with van der Waals surface area (Å²) < 4.78 is 14.4. The average molecular weight is 423 g/mol. The SMILES string of the molecule is C=CC(=O)N1CCC2CC2(c2ccc3ncnc(Nc4cccc(Cl)c4F)c3c2)C1. The number of anilines is 2. The smallest absolute Gasteiger partial charge is 0.245 e. The fraction of sp³-hybridized carbons (Fsp3) is 0.261. The number of carbonyl (C=O) groups excluding carboxylic acids is 1. The van der Waals surface area contributed by atoms with E-state index >= 15 is 0 Å². The summed E-state index contributed by atoms with van der Waals surface area (Å²) >= 11 is 5.91. The number of halogens is 2. The number of piperidine rings is 1. The van der Waals surface area contributed by atoms with Gasteiger partial charge in [-0.15, -0.1) is 0 Å². The predicted molar refractivity (Wildman–Crippen MR) is 115 cm³/mol. The van der Waals surface area contributed by atoms with Gasteiger partial charge in [-0.25, -0.2) is 14.4 Å². The van der Waals surface area contributed by atoms with Crippen molar-refractivity contribution >= 4 is 39.9 Å². The molecule has 0 bridgehead atoms. The van der Waals surface area contributed by atoms with E-state index in [2.05, 4.69) is 34.0 Å². The number of hydrogen-bond donors (Lipinski definition) is 1. The number of nitrogens with one attached hydrogen (secondary N) is 1. The lowest BCUT2D eigenvalue weighted by Crippen LogP contribution is -2.41. The minimum Gasteiger partial charge on any atom is -0.338 e. The maximum atomic E-state index is 14.4. The van der Waals surface area contributed by atoms with Crippen LogP contribution in [0.1, 0.15) is 18.4 Å². The van der Waals surface area contributed by atoms with Gasteiger partial charge in [-0.2, -0.15) is 0 Å². The highest BCUT2D eigenvalue weighted by Crippen LogP contribution is 2.59. The Kier molecular flexibility index (Phi) is 4.47. The van der Waals surface area contributed by atoms with Crippen molar-refractivity contribution in [2.24, 2.45) is 5.92 Å². The van der Waals surface area contributed by atoms with Gasteiger partial charge in [-0.3, -0.25) is 4.79 Å². The van der Waals surface area contributed by atoms with Gasteiger partial charge in [0, 0.05) is 23.9 Å². The number of amides is 1. The van der Waals surface area contributed by atoms with Crippen molar-refractivity contribution in [3.8, 4) is 0 Å². The van der Waals surface area contributed by atoms with Gasteiger partial charge >= 0.3 is 0 Å². The summed E-state index contributed by atoms with van der Waals surface area (Å²) in [5.41, 5.74) is 2.14. The number of nitrogens with zero attached hydrogens (tertiary/aromatic N) is 3. The molecular weight excluding hydrogens is 403 g/mol. The van der Waals surface area contributed by atoms with Crippen LogP contribution in [0.2, 0.25) is 5.02 Å². The molecule has 1 aliphatic heterocycles. The summed E-state index contributed by atoms with van der Waals surface area (Å²) in [7, 11) is 0. The van der Waals surface area contributed by atoms with Crippen LogP contribution in [-0.2, 0) is 10.2 Å². The summed E-state index contributed by atoms with van der Waals surface area (Å²) in [5, 5.41) is 3.92. The highest BCUT2D eigenvalue weighted by molar-refractivity contribution is 6.31. The number of likely N-dealkylation sites (tertiary alicyclic amines) is 1. The molecule has 7 heteroatoms. The van der Waals surface area contributed by atoms with Gasteiger partial charge in [-0.1, -0.05) is 30.3 Å². The quantitative estimate of drug-likeness (QED) is 0.611. The molecule has 2 heterocycles. The van der Waals surface area contributed by atoms with E-state index in [0.29, 0.717) is 18.3 Å². The maximum absolute atomic E-state index is 14.4. The Hall–Kier alpha value is -2.99. The minimum absolute atomic E-state index is 0.0253. The van der Waals surface area contributed by atoms with Crippen molar-refractivity contribution in [1.82, 2.24) is 14.9 Å². The van der Waals surface area contributed by atoms with Crippen LogP contribution in [0, 0.1) is 11.7 Å². The Morgan fingerprint density at radius 1 is 1.33 bits per heavy atom. The number of hydrogen-bond acceptors (Lipinski definition) is 4. The van der Waals surface area contributed by atoms with E-state index in [4.69, 9.17) is 11.6 Å². The zero-order valence-electron chi connectivity index (χ0n) is 16.2. The Labute approximate surface area is 178 Å². The number of fused-ring (bicyclic) bond motifs is 2. The number of benzene rings is 2. The normalized spacial score (nSPS) is 22.5. The number of carbonyl (C=O) groups is 1. The zero-order chi connectivity index (χ0) is 20.9. The first-order chi connectivity index (χ1) is 14.5.